The minimum Gasteiger partial charge on any atom is -0.493 e. The molecule has 0 spiro atoms. The van der Waals surface area contributed by atoms with Crippen LogP contribution in [0.1, 0.15) is 44.7 Å². The summed E-state index contributed by atoms with van der Waals surface area (Å²) in [5, 5.41) is 13.5. The number of allylic oxidation sites excluding steroid dienone is 9. The Kier molecular flexibility index (Phi) is 7.92. The fourth-order valence-electron chi connectivity index (χ4n) is 3.54. The zero-order valence-corrected chi connectivity index (χ0v) is 17.8. The number of carbonyl (C=O) groups is 2. The number of hydrogen-bond donors (Lipinski definition) is 2. The van der Waals surface area contributed by atoms with Crippen LogP contribution in [0.5, 0.6) is 0 Å². The second-order valence-corrected chi connectivity index (χ2v) is 7.43. The Hall–Kier alpha value is -3.48. The van der Waals surface area contributed by atoms with Gasteiger partial charge in [-0.3, -0.25) is 9.59 Å². The molecule has 1 amide bonds. The maximum Gasteiger partial charge on any atom is 0.231 e. The number of aldehydes is 1. The lowest BCUT2D eigenvalue weighted by atomic mass is 9.93. The van der Waals surface area contributed by atoms with Gasteiger partial charge in [0.2, 0.25) is 5.91 Å². The van der Waals surface area contributed by atoms with Gasteiger partial charge in [0.1, 0.15) is 24.3 Å². The number of amides is 1. The third kappa shape index (κ3) is 6.01. The van der Waals surface area contributed by atoms with Crippen LogP contribution in [-0.4, -0.2) is 34.2 Å². The van der Waals surface area contributed by atoms with Crippen molar-refractivity contribution in [3.8, 4) is 0 Å². The van der Waals surface area contributed by atoms with E-state index in [0.29, 0.717) is 42.8 Å². The van der Waals surface area contributed by atoms with Crippen LogP contribution in [0, 0.1) is 5.92 Å². The molecule has 1 aliphatic heterocycles. The SMILES string of the molecule is C=CCC=C1CC(C(=O)N/C2=C/C/C=C(c3cn[nH]n3)\C=C(\C=O)C2)CO/C1=C/CC. The Labute approximate surface area is 182 Å². The van der Waals surface area contributed by atoms with Gasteiger partial charge in [-0.05, 0) is 49.0 Å². The molecule has 7 nitrogen and oxygen atoms in total. The van der Waals surface area contributed by atoms with Gasteiger partial charge in [-0.1, -0.05) is 31.2 Å². The third-order valence-electron chi connectivity index (χ3n) is 5.10. The number of nitrogens with zero attached hydrogens (tertiary/aromatic N) is 2. The highest BCUT2D eigenvalue weighted by atomic mass is 16.5. The van der Waals surface area contributed by atoms with Gasteiger partial charge in [0.05, 0.1) is 12.1 Å². The second kappa shape index (κ2) is 11.1. The van der Waals surface area contributed by atoms with Crippen molar-refractivity contribution in [3.05, 3.63) is 77.5 Å². The number of H-pyrrole nitrogens is 1. The smallest absolute Gasteiger partial charge is 0.231 e. The van der Waals surface area contributed by atoms with Crippen molar-refractivity contribution in [1.82, 2.24) is 20.7 Å². The van der Waals surface area contributed by atoms with Crippen molar-refractivity contribution in [3.63, 3.8) is 0 Å². The lowest BCUT2D eigenvalue weighted by molar-refractivity contribution is -0.126. The fraction of sp³-hybridized carbons (Fsp3) is 0.333. The van der Waals surface area contributed by atoms with Gasteiger partial charge in [-0.15, -0.1) is 6.58 Å². The quantitative estimate of drug-likeness (QED) is 0.514. The first-order valence-electron chi connectivity index (χ1n) is 10.5. The van der Waals surface area contributed by atoms with E-state index >= 15 is 0 Å². The molecular weight excluding hydrogens is 392 g/mol. The summed E-state index contributed by atoms with van der Waals surface area (Å²) in [6.07, 6.45) is 17.2. The van der Waals surface area contributed by atoms with E-state index in [1.807, 2.05) is 24.3 Å². The van der Waals surface area contributed by atoms with Crippen LogP contribution in [0.25, 0.3) is 5.57 Å². The molecular formula is C24H28N4O3. The number of rotatable bonds is 7. The van der Waals surface area contributed by atoms with E-state index in [2.05, 4.69) is 40.3 Å². The van der Waals surface area contributed by atoms with E-state index in [1.54, 1.807) is 12.3 Å². The molecule has 2 heterocycles. The maximum atomic E-state index is 13.0. The van der Waals surface area contributed by atoms with Crippen LogP contribution >= 0.6 is 0 Å². The molecule has 1 aromatic rings. The summed E-state index contributed by atoms with van der Waals surface area (Å²) in [5.41, 5.74) is 3.80. The first-order valence-corrected chi connectivity index (χ1v) is 10.5. The molecule has 0 radical (unpaired) electrons. The molecule has 2 N–H and O–H groups in total. The van der Waals surface area contributed by atoms with Crippen molar-refractivity contribution in [2.24, 2.45) is 5.92 Å². The molecule has 0 aromatic carbocycles. The third-order valence-corrected chi connectivity index (χ3v) is 5.10. The number of hydrogen-bond acceptors (Lipinski definition) is 5. The van der Waals surface area contributed by atoms with Crippen molar-refractivity contribution in [2.45, 2.75) is 39.0 Å². The Morgan fingerprint density at radius 2 is 2.26 bits per heavy atom. The first-order chi connectivity index (χ1) is 15.1. The first kappa shape index (κ1) is 22.2. The van der Waals surface area contributed by atoms with Gasteiger partial charge in [0.15, 0.2) is 0 Å². The monoisotopic (exact) mass is 420 g/mol. The Balaban J connectivity index is 1.70. The number of nitrogens with one attached hydrogen (secondary N) is 2. The summed E-state index contributed by atoms with van der Waals surface area (Å²) < 4.78 is 5.88. The molecule has 1 atom stereocenters. The molecule has 1 unspecified atom stereocenters. The van der Waals surface area contributed by atoms with E-state index in [-0.39, 0.29) is 11.8 Å². The molecule has 7 heteroatoms. The average Bonchev–Trinajstić information content (AvgIpc) is 3.29. The minimum atomic E-state index is -0.290. The van der Waals surface area contributed by atoms with Crippen LogP contribution in [0.2, 0.25) is 0 Å². The van der Waals surface area contributed by atoms with E-state index < -0.39 is 0 Å². The van der Waals surface area contributed by atoms with Crippen molar-refractivity contribution in [1.29, 1.82) is 0 Å². The summed E-state index contributed by atoms with van der Waals surface area (Å²) in [4.78, 5) is 24.5. The number of ether oxygens (including phenoxy) is 1. The van der Waals surface area contributed by atoms with Crippen molar-refractivity contribution in [2.75, 3.05) is 6.61 Å². The summed E-state index contributed by atoms with van der Waals surface area (Å²) in [6.45, 7) is 6.16. The van der Waals surface area contributed by atoms with Gasteiger partial charge in [0.25, 0.3) is 0 Å². The Morgan fingerprint density at radius 1 is 1.39 bits per heavy atom. The molecule has 1 fully saturated rings. The van der Waals surface area contributed by atoms with E-state index in [9.17, 15) is 9.59 Å². The largest absolute Gasteiger partial charge is 0.493 e. The van der Waals surface area contributed by atoms with E-state index in [4.69, 9.17) is 4.74 Å². The van der Waals surface area contributed by atoms with E-state index in [1.165, 1.54) is 0 Å². The van der Waals surface area contributed by atoms with Gasteiger partial charge in [-0.2, -0.15) is 15.4 Å². The minimum absolute atomic E-state index is 0.0992. The normalized spacial score (nSPS) is 26.9. The van der Waals surface area contributed by atoms with Gasteiger partial charge < -0.3 is 10.1 Å². The highest BCUT2D eigenvalue weighted by Gasteiger charge is 2.28. The highest BCUT2D eigenvalue weighted by molar-refractivity contribution is 5.85. The topological polar surface area (TPSA) is 97.0 Å². The van der Waals surface area contributed by atoms with Crippen LogP contribution in [0.4, 0.5) is 0 Å². The fourth-order valence-corrected chi connectivity index (χ4v) is 3.54. The van der Waals surface area contributed by atoms with Crippen molar-refractivity contribution < 1.29 is 14.3 Å². The predicted octanol–water partition coefficient (Wildman–Crippen LogP) is 3.94. The molecule has 2 aliphatic rings. The van der Waals surface area contributed by atoms with Crippen molar-refractivity contribution >= 4 is 17.8 Å². The molecule has 0 saturated carbocycles. The van der Waals surface area contributed by atoms with Crippen LogP contribution in [0.15, 0.2) is 71.8 Å². The van der Waals surface area contributed by atoms with Crippen LogP contribution in [0.3, 0.4) is 0 Å². The summed E-state index contributed by atoms with van der Waals surface area (Å²) in [5.74, 6) is 0.467. The number of carbonyl (C=O) groups excluding carboxylic acids is 2. The number of aromatic amines is 1. The molecule has 3 rings (SSSR count). The molecule has 162 valence electrons. The Morgan fingerprint density at radius 3 is 2.97 bits per heavy atom. The Bertz CT molecular complexity index is 965. The average molecular weight is 421 g/mol. The number of aromatic nitrogens is 3. The summed E-state index contributed by atoms with van der Waals surface area (Å²) in [6, 6.07) is 0. The molecule has 1 aromatic heterocycles. The molecule has 1 aliphatic carbocycles. The predicted molar refractivity (Wildman–Crippen MR) is 119 cm³/mol. The second-order valence-electron chi connectivity index (χ2n) is 7.43. The molecule has 0 bridgehead atoms. The molecule has 31 heavy (non-hydrogen) atoms. The highest BCUT2D eigenvalue weighted by Crippen LogP contribution is 2.29. The van der Waals surface area contributed by atoms with Gasteiger partial charge in [0, 0.05) is 17.7 Å². The summed E-state index contributed by atoms with van der Waals surface area (Å²) in [7, 11) is 0. The van der Waals surface area contributed by atoms with E-state index in [0.717, 1.165) is 36.0 Å². The van der Waals surface area contributed by atoms with Crippen LogP contribution < -0.4 is 5.32 Å². The lowest BCUT2D eigenvalue weighted by Crippen LogP contribution is -2.35. The molecule has 1 saturated heterocycles. The lowest BCUT2D eigenvalue weighted by Gasteiger charge is -2.27. The summed E-state index contributed by atoms with van der Waals surface area (Å²) >= 11 is 0. The van der Waals surface area contributed by atoms with Gasteiger partial charge >= 0.3 is 0 Å². The maximum absolute atomic E-state index is 13.0. The zero-order valence-electron chi connectivity index (χ0n) is 17.8. The van der Waals surface area contributed by atoms with Gasteiger partial charge in [-0.25, -0.2) is 0 Å². The van der Waals surface area contributed by atoms with Crippen LogP contribution in [-0.2, 0) is 14.3 Å². The zero-order chi connectivity index (χ0) is 22.1. The standard InChI is InChI=1S/C24H28N4O3/c1-3-5-8-19-13-20(16-31-23(19)7-4-2)24(30)26-21-10-6-9-18(11-17(12-21)15-29)22-14-25-28-27-22/h3,7-11,14-15,20H,1,4-6,12-13,16H2,2H3,(H,26,30)(H,25,27,28)/b17-11+,18-9+,19-8?,21-10+,23-7+.